The van der Waals surface area contributed by atoms with E-state index in [0.717, 1.165) is 0 Å². The average Bonchev–Trinajstić information content (AvgIpc) is 2.93. The second kappa shape index (κ2) is 5.24. The van der Waals surface area contributed by atoms with Gasteiger partial charge < -0.3 is 0 Å². The molecule has 0 saturated heterocycles. The van der Waals surface area contributed by atoms with Crippen molar-refractivity contribution in [2.75, 3.05) is 0 Å². The molecule has 1 heterocycles. The highest BCUT2D eigenvalue weighted by atomic mass is 19.1. The van der Waals surface area contributed by atoms with Crippen molar-refractivity contribution in [3.63, 3.8) is 0 Å². The van der Waals surface area contributed by atoms with Crippen LogP contribution in [0.2, 0.25) is 0 Å². The molecule has 1 aromatic heterocycles. The van der Waals surface area contributed by atoms with E-state index in [-0.39, 0.29) is 17.3 Å². The smallest absolute Gasteiger partial charge is 0.172 e. The fourth-order valence-electron chi connectivity index (χ4n) is 2.01. The van der Waals surface area contributed by atoms with Gasteiger partial charge in [-0.2, -0.15) is 0 Å². The molecule has 0 aliphatic heterocycles. The van der Waals surface area contributed by atoms with E-state index in [4.69, 9.17) is 0 Å². The molecule has 3 aromatic rings. The Bertz CT molecular complexity index is 780. The van der Waals surface area contributed by atoms with Gasteiger partial charge in [0.15, 0.2) is 12.0 Å². The summed E-state index contributed by atoms with van der Waals surface area (Å²) in [5.74, 6) is -0.759. The minimum Gasteiger partial charge on any atom is -0.296 e. The fourth-order valence-corrected chi connectivity index (χ4v) is 2.01. The van der Waals surface area contributed by atoms with Gasteiger partial charge in [-0.1, -0.05) is 5.21 Å². The highest BCUT2D eigenvalue weighted by molar-refractivity contribution is 5.83. The second-order valence-corrected chi connectivity index (χ2v) is 4.34. The van der Waals surface area contributed by atoms with Crippen LogP contribution in [0.4, 0.5) is 8.78 Å². The summed E-state index contributed by atoms with van der Waals surface area (Å²) in [5.41, 5.74) is 1.70. The minimum atomic E-state index is -0.382. The van der Waals surface area contributed by atoms with Crippen LogP contribution in [0.3, 0.4) is 0 Å². The Kier molecular flexibility index (Phi) is 3.27. The predicted molar refractivity (Wildman–Crippen MR) is 72.1 cm³/mol. The lowest BCUT2D eigenvalue weighted by Gasteiger charge is -2.07. The summed E-state index contributed by atoms with van der Waals surface area (Å²) >= 11 is 0. The number of carbonyl (C=O) groups excluding carboxylic acids is 1. The Labute approximate surface area is 118 Å². The molecule has 0 saturated carbocycles. The summed E-state index contributed by atoms with van der Waals surface area (Å²) < 4.78 is 27.4. The summed E-state index contributed by atoms with van der Waals surface area (Å²) in [7, 11) is 0. The highest BCUT2D eigenvalue weighted by Crippen LogP contribution is 2.24. The highest BCUT2D eigenvalue weighted by Gasteiger charge is 2.15. The van der Waals surface area contributed by atoms with Crippen molar-refractivity contribution in [3.8, 4) is 16.9 Å². The van der Waals surface area contributed by atoms with Crippen LogP contribution in [0.5, 0.6) is 0 Å². The first-order chi connectivity index (χ1) is 10.2. The molecule has 0 spiro atoms. The Morgan fingerprint density at radius 2 is 1.48 bits per heavy atom. The van der Waals surface area contributed by atoms with E-state index < -0.39 is 0 Å². The second-order valence-electron chi connectivity index (χ2n) is 4.34. The first kappa shape index (κ1) is 13.1. The van der Waals surface area contributed by atoms with Gasteiger partial charge in [0.1, 0.15) is 17.3 Å². The van der Waals surface area contributed by atoms with Crippen molar-refractivity contribution in [2.24, 2.45) is 0 Å². The van der Waals surface area contributed by atoms with E-state index in [2.05, 4.69) is 10.3 Å². The topological polar surface area (TPSA) is 47.8 Å². The monoisotopic (exact) mass is 285 g/mol. The molecule has 0 N–H and O–H groups in total. The first-order valence-electron chi connectivity index (χ1n) is 6.12. The maximum Gasteiger partial charge on any atom is 0.172 e. The van der Waals surface area contributed by atoms with Crippen LogP contribution in [0, 0.1) is 11.6 Å². The Morgan fingerprint density at radius 1 is 0.905 bits per heavy atom. The van der Waals surface area contributed by atoms with E-state index in [1.54, 1.807) is 0 Å². The summed E-state index contributed by atoms with van der Waals surface area (Å²) in [6.45, 7) is 0. The van der Waals surface area contributed by atoms with Gasteiger partial charge in [0.2, 0.25) is 0 Å². The predicted octanol–water partition coefficient (Wildman–Crippen LogP) is 3.03. The van der Waals surface area contributed by atoms with Crippen LogP contribution in [-0.4, -0.2) is 21.3 Å². The molecule has 0 unspecified atom stereocenters. The van der Waals surface area contributed by atoms with Crippen molar-refractivity contribution >= 4 is 6.29 Å². The zero-order valence-electron chi connectivity index (χ0n) is 10.7. The van der Waals surface area contributed by atoms with Crippen LogP contribution < -0.4 is 0 Å². The number of nitrogens with zero attached hydrogens (tertiary/aromatic N) is 3. The molecule has 104 valence electrons. The van der Waals surface area contributed by atoms with Crippen LogP contribution in [-0.2, 0) is 0 Å². The van der Waals surface area contributed by atoms with Crippen LogP contribution in [0.25, 0.3) is 16.9 Å². The molecule has 3 rings (SSSR count). The van der Waals surface area contributed by atoms with Gasteiger partial charge in [0, 0.05) is 5.56 Å². The van der Waals surface area contributed by atoms with E-state index in [0.29, 0.717) is 23.2 Å². The summed E-state index contributed by atoms with van der Waals surface area (Å²) in [6.07, 6.45) is 0.575. The summed E-state index contributed by atoms with van der Waals surface area (Å²) in [4.78, 5) is 11.1. The maximum atomic E-state index is 13.0. The zero-order valence-corrected chi connectivity index (χ0v) is 10.7. The first-order valence-corrected chi connectivity index (χ1v) is 6.12. The molecule has 0 bridgehead atoms. The third-order valence-corrected chi connectivity index (χ3v) is 3.00. The van der Waals surface area contributed by atoms with Gasteiger partial charge in [-0.15, -0.1) is 5.10 Å². The minimum absolute atomic E-state index is 0.130. The van der Waals surface area contributed by atoms with Gasteiger partial charge in [-0.25, -0.2) is 13.5 Å². The number of rotatable bonds is 3. The lowest BCUT2D eigenvalue weighted by atomic mass is 10.1. The number of halogens is 2. The average molecular weight is 285 g/mol. The number of aromatic nitrogens is 3. The Balaban J connectivity index is 2.18. The summed E-state index contributed by atoms with van der Waals surface area (Å²) in [5, 5.41) is 7.69. The molecule has 2 aromatic carbocycles. The lowest BCUT2D eigenvalue weighted by Crippen LogP contribution is -2.00. The number of hydrogen-bond donors (Lipinski definition) is 0. The number of hydrogen-bond acceptors (Lipinski definition) is 3. The quantitative estimate of drug-likeness (QED) is 0.695. The van der Waals surface area contributed by atoms with Crippen molar-refractivity contribution in [1.82, 2.24) is 15.0 Å². The molecule has 0 fully saturated rings. The van der Waals surface area contributed by atoms with Gasteiger partial charge in [0.05, 0.1) is 5.69 Å². The van der Waals surface area contributed by atoms with E-state index in [1.807, 2.05) is 0 Å². The van der Waals surface area contributed by atoms with Crippen molar-refractivity contribution in [2.45, 2.75) is 0 Å². The summed E-state index contributed by atoms with van der Waals surface area (Å²) in [6, 6.07) is 11.2. The van der Waals surface area contributed by atoms with Gasteiger partial charge in [0.25, 0.3) is 0 Å². The van der Waals surface area contributed by atoms with Gasteiger partial charge in [-0.05, 0) is 48.5 Å². The molecule has 21 heavy (non-hydrogen) atoms. The molecule has 0 aliphatic rings. The maximum absolute atomic E-state index is 13.0. The van der Waals surface area contributed by atoms with Crippen molar-refractivity contribution in [1.29, 1.82) is 0 Å². The lowest BCUT2D eigenvalue weighted by molar-refractivity contribution is 0.111. The number of aldehydes is 1. The molecule has 4 nitrogen and oxygen atoms in total. The molecule has 0 aliphatic carbocycles. The number of carbonyl (C=O) groups is 1. The Morgan fingerprint density at radius 3 is 2.05 bits per heavy atom. The molecular weight excluding hydrogens is 276 g/mol. The van der Waals surface area contributed by atoms with E-state index in [1.165, 1.54) is 53.2 Å². The molecular formula is C15H9F2N3O. The van der Waals surface area contributed by atoms with E-state index in [9.17, 15) is 13.6 Å². The molecule has 6 heteroatoms. The third-order valence-electron chi connectivity index (χ3n) is 3.00. The molecule has 0 amide bonds. The van der Waals surface area contributed by atoms with E-state index >= 15 is 0 Å². The number of benzene rings is 2. The SMILES string of the molecule is O=Cc1nnn(-c2ccc(F)cc2)c1-c1ccc(F)cc1. The molecule has 0 radical (unpaired) electrons. The van der Waals surface area contributed by atoms with Gasteiger partial charge >= 0.3 is 0 Å². The van der Waals surface area contributed by atoms with Crippen LogP contribution in [0.15, 0.2) is 48.5 Å². The van der Waals surface area contributed by atoms with Crippen LogP contribution in [0.1, 0.15) is 10.5 Å². The Hall–Kier alpha value is -2.89. The molecule has 0 atom stereocenters. The normalized spacial score (nSPS) is 10.6. The third kappa shape index (κ3) is 2.43. The van der Waals surface area contributed by atoms with Crippen molar-refractivity contribution < 1.29 is 13.6 Å². The fraction of sp³-hybridized carbons (Fsp3) is 0. The standard InChI is InChI=1S/C15H9F2N3O/c16-11-3-1-10(2-4-11)15-14(9-21)18-19-20(15)13-7-5-12(17)6-8-13/h1-9H. The van der Waals surface area contributed by atoms with Crippen LogP contribution >= 0.6 is 0 Å². The van der Waals surface area contributed by atoms with Crippen molar-refractivity contribution in [3.05, 3.63) is 65.9 Å². The van der Waals surface area contributed by atoms with Gasteiger partial charge in [-0.3, -0.25) is 4.79 Å². The largest absolute Gasteiger partial charge is 0.296 e. The zero-order chi connectivity index (χ0) is 14.8.